The molecule has 0 heterocycles. The Kier molecular flexibility index (Phi) is 5.69. The Morgan fingerprint density at radius 2 is 1.91 bits per heavy atom. The van der Waals surface area contributed by atoms with Crippen LogP contribution in [0.25, 0.3) is 0 Å². The summed E-state index contributed by atoms with van der Waals surface area (Å²) in [6.45, 7) is 3.71. The summed E-state index contributed by atoms with van der Waals surface area (Å²) in [5, 5.41) is 3.96. The number of carbonyl (C=O) groups excluding carboxylic acids is 1. The fourth-order valence-electron chi connectivity index (χ4n) is 2.05. The molecule has 0 aliphatic rings. The average molecular weight is 338 g/mol. The number of nitrogens with one attached hydrogen (secondary N) is 1. The number of benzene rings is 2. The van der Waals surface area contributed by atoms with Gasteiger partial charge in [0, 0.05) is 5.02 Å². The zero-order valence-electron chi connectivity index (χ0n) is 12.4. The number of aryl methyl sites for hydroxylation is 1. The van der Waals surface area contributed by atoms with Crippen molar-refractivity contribution in [3.05, 3.63) is 63.6 Å². The molecule has 1 N–H and O–H groups in total. The van der Waals surface area contributed by atoms with Gasteiger partial charge in [-0.2, -0.15) is 0 Å². The molecule has 0 spiro atoms. The molecule has 1 unspecified atom stereocenters. The molecular weight excluding hydrogens is 321 g/mol. The van der Waals surface area contributed by atoms with E-state index in [4.69, 9.17) is 27.9 Å². The van der Waals surface area contributed by atoms with Gasteiger partial charge in [-0.15, -0.1) is 0 Å². The van der Waals surface area contributed by atoms with E-state index < -0.39 is 0 Å². The minimum Gasteiger partial charge on any atom is -0.482 e. The second-order valence-corrected chi connectivity index (χ2v) is 5.85. The normalized spacial score (nSPS) is 11.8. The van der Waals surface area contributed by atoms with Crippen molar-refractivity contribution >= 4 is 29.1 Å². The highest BCUT2D eigenvalue weighted by molar-refractivity contribution is 6.32. The van der Waals surface area contributed by atoms with Crippen LogP contribution < -0.4 is 10.1 Å². The van der Waals surface area contributed by atoms with Crippen LogP contribution in [0.3, 0.4) is 0 Å². The van der Waals surface area contributed by atoms with Gasteiger partial charge in [0.25, 0.3) is 5.91 Å². The van der Waals surface area contributed by atoms with Crippen LogP contribution >= 0.6 is 23.2 Å². The quantitative estimate of drug-likeness (QED) is 0.868. The summed E-state index contributed by atoms with van der Waals surface area (Å²) in [5.74, 6) is 0.271. The fourth-order valence-corrected chi connectivity index (χ4v) is 2.52. The maximum Gasteiger partial charge on any atom is 0.258 e. The van der Waals surface area contributed by atoms with Crippen molar-refractivity contribution in [3.63, 3.8) is 0 Å². The monoisotopic (exact) mass is 337 g/mol. The van der Waals surface area contributed by atoms with Gasteiger partial charge in [0.15, 0.2) is 6.61 Å². The summed E-state index contributed by atoms with van der Waals surface area (Å²) < 4.78 is 5.47. The van der Waals surface area contributed by atoms with Gasteiger partial charge >= 0.3 is 0 Å². The third-order valence-corrected chi connectivity index (χ3v) is 3.85. The summed E-state index contributed by atoms with van der Waals surface area (Å²) in [4.78, 5) is 12.0. The Labute approximate surface area is 140 Å². The average Bonchev–Trinajstić information content (AvgIpc) is 2.48. The fraction of sp³-hybridized carbons (Fsp3) is 0.235. The smallest absolute Gasteiger partial charge is 0.258 e. The zero-order valence-corrected chi connectivity index (χ0v) is 13.9. The number of hydrogen-bond acceptors (Lipinski definition) is 2. The van der Waals surface area contributed by atoms with Gasteiger partial charge in [-0.05, 0) is 43.2 Å². The van der Waals surface area contributed by atoms with E-state index in [1.807, 2.05) is 38.1 Å². The topological polar surface area (TPSA) is 38.3 Å². The molecule has 116 valence electrons. The van der Waals surface area contributed by atoms with E-state index in [2.05, 4.69) is 5.32 Å². The van der Waals surface area contributed by atoms with Crippen molar-refractivity contribution in [1.29, 1.82) is 0 Å². The Hall–Kier alpha value is -1.71. The molecule has 3 nitrogen and oxygen atoms in total. The van der Waals surface area contributed by atoms with Crippen molar-refractivity contribution < 1.29 is 9.53 Å². The van der Waals surface area contributed by atoms with Crippen molar-refractivity contribution in [3.8, 4) is 5.75 Å². The van der Waals surface area contributed by atoms with Gasteiger partial charge in [-0.1, -0.05) is 47.5 Å². The van der Waals surface area contributed by atoms with Crippen molar-refractivity contribution in [2.75, 3.05) is 6.61 Å². The SMILES string of the molecule is Cc1ccc(Cl)c(OCC(=O)NC(C)c2ccccc2Cl)c1. The van der Waals surface area contributed by atoms with Crippen molar-refractivity contribution in [1.82, 2.24) is 5.32 Å². The summed E-state index contributed by atoms with van der Waals surface area (Å²) >= 11 is 12.1. The first kappa shape index (κ1) is 16.7. The molecule has 0 saturated carbocycles. The molecule has 0 fully saturated rings. The molecule has 1 atom stereocenters. The van der Waals surface area contributed by atoms with Crippen LogP contribution in [0.4, 0.5) is 0 Å². The minimum absolute atomic E-state index is 0.0992. The molecule has 0 aromatic heterocycles. The van der Waals surface area contributed by atoms with E-state index >= 15 is 0 Å². The summed E-state index contributed by atoms with van der Waals surface area (Å²) in [7, 11) is 0. The molecule has 5 heteroatoms. The van der Waals surface area contributed by atoms with E-state index in [0.29, 0.717) is 15.8 Å². The molecule has 22 heavy (non-hydrogen) atoms. The van der Waals surface area contributed by atoms with Crippen LogP contribution in [0, 0.1) is 6.92 Å². The lowest BCUT2D eigenvalue weighted by molar-refractivity contribution is -0.123. The van der Waals surface area contributed by atoms with Gasteiger partial charge in [-0.25, -0.2) is 0 Å². The predicted molar refractivity (Wildman–Crippen MR) is 89.7 cm³/mol. The largest absolute Gasteiger partial charge is 0.482 e. The van der Waals surface area contributed by atoms with Crippen LogP contribution in [0.5, 0.6) is 5.75 Å². The maximum atomic E-state index is 12.0. The first-order chi connectivity index (χ1) is 10.5. The van der Waals surface area contributed by atoms with Crippen LogP contribution in [0.15, 0.2) is 42.5 Å². The van der Waals surface area contributed by atoms with Gasteiger partial charge in [0.2, 0.25) is 0 Å². The van der Waals surface area contributed by atoms with Gasteiger partial charge in [0.05, 0.1) is 11.1 Å². The number of ether oxygens (including phenoxy) is 1. The molecule has 2 aromatic rings. The van der Waals surface area contributed by atoms with Gasteiger partial charge in [-0.3, -0.25) is 4.79 Å². The van der Waals surface area contributed by atoms with Crippen molar-refractivity contribution in [2.24, 2.45) is 0 Å². The Morgan fingerprint density at radius 1 is 1.18 bits per heavy atom. The van der Waals surface area contributed by atoms with E-state index in [1.54, 1.807) is 18.2 Å². The molecule has 2 rings (SSSR count). The third kappa shape index (κ3) is 4.39. The highest BCUT2D eigenvalue weighted by Gasteiger charge is 2.13. The minimum atomic E-state index is -0.231. The molecule has 0 bridgehead atoms. The van der Waals surface area contributed by atoms with E-state index in [1.165, 1.54) is 0 Å². The number of amides is 1. The maximum absolute atomic E-state index is 12.0. The van der Waals surface area contributed by atoms with Gasteiger partial charge in [0.1, 0.15) is 5.75 Å². The highest BCUT2D eigenvalue weighted by Crippen LogP contribution is 2.25. The molecule has 0 saturated heterocycles. The first-order valence-electron chi connectivity index (χ1n) is 6.90. The van der Waals surface area contributed by atoms with Crippen molar-refractivity contribution in [2.45, 2.75) is 19.9 Å². The lowest BCUT2D eigenvalue weighted by Gasteiger charge is -2.16. The second-order valence-electron chi connectivity index (χ2n) is 5.03. The highest BCUT2D eigenvalue weighted by atomic mass is 35.5. The number of carbonyl (C=O) groups is 1. The van der Waals surface area contributed by atoms with Gasteiger partial charge < -0.3 is 10.1 Å². The van der Waals surface area contributed by atoms with Crippen LogP contribution in [-0.4, -0.2) is 12.5 Å². The number of halogens is 2. The molecule has 0 radical (unpaired) electrons. The molecule has 0 aliphatic heterocycles. The van der Waals surface area contributed by atoms with Crippen LogP contribution in [-0.2, 0) is 4.79 Å². The molecule has 1 amide bonds. The molecule has 2 aromatic carbocycles. The Bertz CT molecular complexity index is 673. The Balaban J connectivity index is 1.93. The zero-order chi connectivity index (χ0) is 16.1. The van der Waals surface area contributed by atoms with E-state index in [-0.39, 0.29) is 18.6 Å². The number of hydrogen-bond donors (Lipinski definition) is 1. The summed E-state index contributed by atoms with van der Waals surface area (Å²) in [5.41, 5.74) is 1.88. The summed E-state index contributed by atoms with van der Waals surface area (Å²) in [6.07, 6.45) is 0. The second kappa shape index (κ2) is 7.52. The van der Waals surface area contributed by atoms with E-state index in [9.17, 15) is 4.79 Å². The lowest BCUT2D eigenvalue weighted by atomic mass is 10.1. The number of rotatable bonds is 5. The van der Waals surface area contributed by atoms with E-state index in [0.717, 1.165) is 11.1 Å². The molecular formula is C17H17Cl2NO2. The van der Waals surface area contributed by atoms with Crippen LogP contribution in [0.1, 0.15) is 24.1 Å². The summed E-state index contributed by atoms with van der Waals surface area (Å²) in [6, 6.07) is 12.6. The molecule has 0 aliphatic carbocycles. The first-order valence-corrected chi connectivity index (χ1v) is 7.65. The third-order valence-electron chi connectivity index (χ3n) is 3.19. The van der Waals surface area contributed by atoms with Crippen LogP contribution in [0.2, 0.25) is 10.0 Å². The predicted octanol–water partition coefficient (Wildman–Crippen LogP) is 4.56. The lowest BCUT2D eigenvalue weighted by Crippen LogP contribution is -2.31. The Morgan fingerprint density at radius 3 is 2.64 bits per heavy atom. The standard InChI is InChI=1S/C17H17Cl2NO2/c1-11-7-8-15(19)16(9-11)22-10-17(21)20-12(2)13-5-3-4-6-14(13)18/h3-9,12H,10H2,1-2H3,(H,20,21).